The van der Waals surface area contributed by atoms with E-state index >= 15 is 0 Å². The Morgan fingerprint density at radius 1 is 1.25 bits per heavy atom. The number of nitrogen functional groups attached to an aromatic ring is 1. The maximum atomic E-state index is 5.91. The molecule has 12 heavy (non-hydrogen) atoms. The first-order chi connectivity index (χ1) is 5.77. The van der Waals surface area contributed by atoms with Gasteiger partial charge in [0.25, 0.3) is 0 Å². The summed E-state index contributed by atoms with van der Waals surface area (Å²) in [5, 5.41) is 2.62. The van der Waals surface area contributed by atoms with Crippen LogP contribution in [0.2, 0.25) is 5.02 Å². The Bertz CT molecular complexity index is 426. The molecule has 0 unspecified atom stereocenters. The van der Waals surface area contributed by atoms with E-state index in [4.69, 9.17) is 17.3 Å². The Morgan fingerprint density at radius 3 is 2.92 bits per heavy atom. The fourth-order valence-corrected chi connectivity index (χ4v) is 1.39. The molecule has 2 aromatic rings. The number of benzene rings is 1. The smallest absolute Gasteiger partial charge is 0.0667 e. The van der Waals surface area contributed by atoms with Crippen molar-refractivity contribution < 1.29 is 0 Å². The van der Waals surface area contributed by atoms with Gasteiger partial charge >= 0.3 is 0 Å². The summed E-state index contributed by atoms with van der Waals surface area (Å²) in [5.74, 6) is 0. The van der Waals surface area contributed by atoms with Crippen molar-refractivity contribution in [1.29, 1.82) is 0 Å². The molecular weight excluding hydrogens is 172 g/mol. The Morgan fingerprint density at radius 2 is 2.08 bits per heavy atom. The van der Waals surface area contributed by atoms with Crippen LogP contribution in [0.3, 0.4) is 0 Å². The van der Waals surface area contributed by atoms with Crippen molar-refractivity contribution in [2.24, 2.45) is 0 Å². The molecule has 2 N–H and O–H groups in total. The average Bonchev–Trinajstić information content (AvgIpc) is 2.04. The number of nitrogens with zero attached hydrogens (tertiary/aromatic N) is 1. The average molecular weight is 179 g/mol. The van der Waals surface area contributed by atoms with E-state index in [0.29, 0.717) is 5.02 Å². The molecule has 1 aromatic heterocycles. The van der Waals surface area contributed by atoms with Crippen LogP contribution in [0.25, 0.3) is 10.8 Å². The number of hydrogen-bond acceptors (Lipinski definition) is 2. The second-order valence-corrected chi connectivity index (χ2v) is 3.01. The van der Waals surface area contributed by atoms with Crippen molar-refractivity contribution in [3.05, 3.63) is 35.6 Å². The van der Waals surface area contributed by atoms with Crippen molar-refractivity contribution >= 4 is 28.1 Å². The van der Waals surface area contributed by atoms with E-state index < -0.39 is 0 Å². The van der Waals surface area contributed by atoms with Gasteiger partial charge in [-0.05, 0) is 12.1 Å². The fourth-order valence-electron chi connectivity index (χ4n) is 1.16. The van der Waals surface area contributed by atoms with Crippen molar-refractivity contribution in [3.63, 3.8) is 0 Å². The molecule has 0 spiro atoms. The molecule has 0 amide bonds. The van der Waals surface area contributed by atoms with Crippen molar-refractivity contribution in [1.82, 2.24) is 4.98 Å². The lowest BCUT2D eigenvalue weighted by atomic mass is 10.1. The maximum Gasteiger partial charge on any atom is 0.0667 e. The minimum absolute atomic E-state index is 0.660. The molecule has 2 rings (SSSR count). The molecule has 0 aliphatic rings. The lowest BCUT2D eigenvalue weighted by molar-refractivity contribution is 1.36. The first-order valence-electron chi connectivity index (χ1n) is 3.56. The standard InChI is InChI=1S/C9H7ClN2/c10-9-5-12-4-6-3-7(11)1-2-8(6)9/h1-5H,11H2. The van der Waals surface area contributed by atoms with Gasteiger partial charge in [0.2, 0.25) is 0 Å². The molecular formula is C9H7ClN2. The molecule has 0 atom stereocenters. The third-order valence-corrected chi connectivity index (χ3v) is 2.04. The van der Waals surface area contributed by atoms with Crippen LogP contribution in [-0.4, -0.2) is 4.98 Å². The highest BCUT2D eigenvalue weighted by Gasteiger charge is 1.97. The minimum atomic E-state index is 0.660. The van der Waals surface area contributed by atoms with Crippen LogP contribution in [0, 0.1) is 0 Å². The van der Waals surface area contributed by atoms with Gasteiger partial charge in [0.15, 0.2) is 0 Å². The predicted octanol–water partition coefficient (Wildman–Crippen LogP) is 2.47. The van der Waals surface area contributed by atoms with Crippen LogP contribution in [0.4, 0.5) is 5.69 Å². The van der Waals surface area contributed by atoms with Gasteiger partial charge in [0.05, 0.1) is 5.02 Å². The first kappa shape index (κ1) is 7.37. The van der Waals surface area contributed by atoms with Crippen molar-refractivity contribution in [2.45, 2.75) is 0 Å². The SMILES string of the molecule is Nc1ccc2c(Cl)cncc2c1. The summed E-state index contributed by atoms with van der Waals surface area (Å²) >= 11 is 5.91. The van der Waals surface area contributed by atoms with Gasteiger partial charge in [-0.3, -0.25) is 4.98 Å². The summed E-state index contributed by atoms with van der Waals surface area (Å²) < 4.78 is 0. The lowest BCUT2D eigenvalue weighted by Gasteiger charge is -1.99. The molecule has 60 valence electrons. The Balaban J connectivity index is 2.86. The van der Waals surface area contributed by atoms with Crippen LogP contribution in [0.5, 0.6) is 0 Å². The zero-order chi connectivity index (χ0) is 8.55. The molecule has 0 aliphatic heterocycles. The van der Waals surface area contributed by atoms with Gasteiger partial charge in [-0.1, -0.05) is 17.7 Å². The summed E-state index contributed by atoms with van der Waals surface area (Å²) in [5.41, 5.74) is 6.33. The van der Waals surface area contributed by atoms with Crippen LogP contribution in [0.15, 0.2) is 30.6 Å². The number of pyridine rings is 1. The molecule has 0 aliphatic carbocycles. The monoisotopic (exact) mass is 178 g/mol. The van der Waals surface area contributed by atoms with E-state index in [1.54, 1.807) is 12.4 Å². The number of halogens is 1. The third kappa shape index (κ3) is 1.10. The summed E-state index contributed by atoms with van der Waals surface area (Å²) in [6.07, 6.45) is 3.37. The Hall–Kier alpha value is -1.28. The molecule has 3 heteroatoms. The second kappa shape index (κ2) is 2.64. The zero-order valence-electron chi connectivity index (χ0n) is 6.29. The first-order valence-corrected chi connectivity index (χ1v) is 3.94. The van der Waals surface area contributed by atoms with Crippen molar-refractivity contribution in [2.75, 3.05) is 5.73 Å². The van der Waals surface area contributed by atoms with Gasteiger partial charge in [0.1, 0.15) is 0 Å². The summed E-state index contributed by atoms with van der Waals surface area (Å²) in [6, 6.07) is 5.58. The molecule has 1 heterocycles. The van der Waals surface area contributed by atoms with Gasteiger partial charge in [-0.25, -0.2) is 0 Å². The van der Waals surface area contributed by atoms with Crippen LogP contribution >= 0.6 is 11.6 Å². The number of fused-ring (bicyclic) bond motifs is 1. The number of rotatable bonds is 0. The number of hydrogen-bond donors (Lipinski definition) is 1. The quantitative estimate of drug-likeness (QED) is 0.630. The topological polar surface area (TPSA) is 38.9 Å². The minimum Gasteiger partial charge on any atom is -0.399 e. The third-order valence-electron chi connectivity index (χ3n) is 1.73. The summed E-state index contributed by atoms with van der Waals surface area (Å²) in [6.45, 7) is 0. The molecule has 0 saturated carbocycles. The van der Waals surface area contributed by atoms with Gasteiger partial charge in [-0.2, -0.15) is 0 Å². The molecule has 0 saturated heterocycles. The summed E-state index contributed by atoms with van der Waals surface area (Å²) in [4.78, 5) is 3.97. The van der Waals surface area contributed by atoms with E-state index in [2.05, 4.69) is 4.98 Å². The predicted molar refractivity (Wildman–Crippen MR) is 51.2 cm³/mol. The van der Waals surface area contributed by atoms with Crippen molar-refractivity contribution in [3.8, 4) is 0 Å². The van der Waals surface area contributed by atoms with Gasteiger partial charge in [0, 0.05) is 28.9 Å². The van der Waals surface area contributed by atoms with E-state index in [1.807, 2.05) is 18.2 Å². The summed E-state index contributed by atoms with van der Waals surface area (Å²) in [7, 11) is 0. The lowest BCUT2D eigenvalue weighted by Crippen LogP contribution is -1.84. The number of anilines is 1. The normalized spacial score (nSPS) is 10.4. The molecule has 0 radical (unpaired) electrons. The van der Waals surface area contributed by atoms with E-state index in [1.165, 1.54) is 0 Å². The van der Waals surface area contributed by atoms with Gasteiger partial charge in [-0.15, -0.1) is 0 Å². The highest BCUT2D eigenvalue weighted by Crippen LogP contribution is 2.23. The van der Waals surface area contributed by atoms with E-state index in [-0.39, 0.29) is 0 Å². The Labute approximate surface area is 75.0 Å². The molecule has 1 aromatic carbocycles. The number of aromatic nitrogens is 1. The van der Waals surface area contributed by atoms with E-state index in [0.717, 1.165) is 16.5 Å². The zero-order valence-corrected chi connectivity index (χ0v) is 7.05. The fraction of sp³-hybridized carbons (Fsp3) is 0. The second-order valence-electron chi connectivity index (χ2n) is 2.60. The molecule has 0 fully saturated rings. The maximum absolute atomic E-state index is 5.91. The van der Waals surface area contributed by atoms with Crippen LogP contribution < -0.4 is 5.73 Å². The van der Waals surface area contributed by atoms with Crippen LogP contribution in [-0.2, 0) is 0 Å². The molecule has 2 nitrogen and oxygen atoms in total. The number of nitrogens with two attached hydrogens (primary N) is 1. The van der Waals surface area contributed by atoms with Gasteiger partial charge < -0.3 is 5.73 Å². The highest BCUT2D eigenvalue weighted by molar-refractivity contribution is 6.35. The largest absolute Gasteiger partial charge is 0.399 e. The van der Waals surface area contributed by atoms with Crippen LogP contribution in [0.1, 0.15) is 0 Å². The molecule has 0 bridgehead atoms. The Kier molecular flexibility index (Phi) is 1.62. The van der Waals surface area contributed by atoms with E-state index in [9.17, 15) is 0 Å². The highest BCUT2D eigenvalue weighted by atomic mass is 35.5.